The summed E-state index contributed by atoms with van der Waals surface area (Å²) in [6, 6.07) is 17.4. The first kappa shape index (κ1) is 17.8. The van der Waals surface area contributed by atoms with Crippen LogP contribution in [0.4, 0.5) is 11.4 Å². The zero-order valence-electron chi connectivity index (χ0n) is 14.0. The Morgan fingerprint density at radius 2 is 1.85 bits per heavy atom. The van der Waals surface area contributed by atoms with Crippen molar-refractivity contribution in [3.8, 4) is 0 Å². The second kappa shape index (κ2) is 7.88. The van der Waals surface area contributed by atoms with E-state index in [0.717, 1.165) is 4.90 Å². The number of anilines is 1. The molecule has 0 saturated carbocycles. The van der Waals surface area contributed by atoms with Crippen molar-refractivity contribution < 1.29 is 14.1 Å². The minimum atomic E-state index is -0.540. The average molecular weight is 368 g/mol. The SMILES string of the molecule is Cc1ccc(SCc2ccc(C(=O)Nc3ccccc3[N+](=O)[O-])o2)cc1. The molecule has 3 rings (SSSR count). The van der Waals surface area contributed by atoms with Gasteiger partial charge in [-0.05, 0) is 37.3 Å². The lowest BCUT2D eigenvalue weighted by atomic mass is 10.2. The highest BCUT2D eigenvalue weighted by atomic mass is 32.2. The molecule has 1 amide bonds. The molecule has 0 radical (unpaired) electrons. The van der Waals surface area contributed by atoms with Gasteiger partial charge in [0, 0.05) is 11.0 Å². The van der Waals surface area contributed by atoms with Gasteiger partial charge in [-0.25, -0.2) is 0 Å². The third-order valence-corrected chi connectivity index (χ3v) is 4.67. The van der Waals surface area contributed by atoms with E-state index in [1.807, 2.05) is 31.2 Å². The summed E-state index contributed by atoms with van der Waals surface area (Å²) >= 11 is 1.60. The Balaban J connectivity index is 1.65. The van der Waals surface area contributed by atoms with Gasteiger partial charge in [0.2, 0.25) is 0 Å². The van der Waals surface area contributed by atoms with Crippen LogP contribution < -0.4 is 5.32 Å². The summed E-state index contributed by atoms with van der Waals surface area (Å²) in [6.45, 7) is 2.03. The molecule has 7 heteroatoms. The summed E-state index contributed by atoms with van der Waals surface area (Å²) in [6.07, 6.45) is 0. The van der Waals surface area contributed by atoms with Crippen LogP contribution in [0.3, 0.4) is 0 Å². The van der Waals surface area contributed by atoms with Gasteiger partial charge < -0.3 is 9.73 Å². The molecule has 0 fully saturated rings. The zero-order valence-corrected chi connectivity index (χ0v) is 14.8. The second-order valence-electron chi connectivity index (χ2n) is 5.60. The number of nitro groups is 1. The molecule has 1 aromatic heterocycles. The lowest BCUT2D eigenvalue weighted by molar-refractivity contribution is -0.383. The molecule has 0 atom stereocenters. The summed E-state index contributed by atoms with van der Waals surface area (Å²) in [7, 11) is 0. The number of rotatable bonds is 6. The molecule has 26 heavy (non-hydrogen) atoms. The number of amides is 1. The van der Waals surface area contributed by atoms with Crippen molar-refractivity contribution >= 4 is 29.0 Å². The molecule has 2 aromatic carbocycles. The van der Waals surface area contributed by atoms with Crippen molar-refractivity contribution in [3.63, 3.8) is 0 Å². The number of nitro benzene ring substituents is 1. The molecule has 0 spiro atoms. The topological polar surface area (TPSA) is 85.4 Å². The molecule has 0 unspecified atom stereocenters. The Labute approximate surface area is 154 Å². The first-order chi connectivity index (χ1) is 12.5. The maximum absolute atomic E-state index is 12.3. The van der Waals surface area contributed by atoms with E-state index in [1.54, 1.807) is 36.0 Å². The molecule has 0 bridgehead atoms. The third kappa shape index (κ3) is 4.31. The highest BCUT2D eigenvalue weighted by Gasteiger charge is 2.18. The normalized spacial score (nSPS) is 10.5. The van der Waals surface area contributed by atoms with Crippen LogP contribution in [0.15, 0.2) is 70.0 Å². The van der Waals surface area contributed by atoms with Crippen LogP contribution in [-0.4, -0.2) is 10.8 Å². The van der Waals surface area contributed by atoms with Crippen molar-refractivity contribution in [1.29, 1.82) is 0 Å². The van der Waals surface area contributed by atoms with Crippen LogP contribution >= 0.6 is 11.8 Å². The van der Waals surface area contributed by atoms with Crippen LogP contribution in [0.2, 0.25) is 0 Å². The smallest absolute Gasteiger partial charge is 0.292 e. The fraction of sp³-hybridized carbons (Fsp3) is 0.105. The van der Waals surface area contributed by atoms with Gasteiger partial charge in [-0.1, -0.05) is 29.8 Å². The molecule has 0 aliphatic heterocycles. The highest BCUT2D eigenvalue weighted by Crippen LogP contribution is 2.26. The summed E-state index contributed by atoms with van der Waals surface area (Å²) in [5.74, 6) is 0.832. The first-order valence-corrected chi connectivity index (χ1v) is 8.84. The van der Waals surface area contributed by atoms with Crippen LogP contribution in [0.1, 0.15) is 21.9 Å². The van der Waals surface area contributed by atoms with Gasteiger partial charge in [-0.15, -0.1) is 11.8 Å². The first-order valence-electron chi connectivity index (χ1n) is 7.86. The van der Waals surface area contributed by atoms with Crippen LogP contribution in [0, 0.1) is 17.0 Å². The maximum atomic E-state index is 12.3. The molecule has 0 aliphatic rings. The van der Waals surface area contributed by atoms with Gasteiger partial charge in [0.05, 0.1) is 10.7 Å². The monoisotopic (exact) mass is 368 g/mol. The molecule has 1 N–H and O–H groups in total. The molecule has 0 saturated heterocycles. The molecular formula is C19H16N2O4S. The molecule has 0 aliphatic carbocycles. The number of nitrogens with zero attached hydrogens (tertiary/aromatic N) is 1. The van der Waals surface area contributed by atoms with E-state index in [1.165, 1.54) is 17.7 Å². The van der Waals surface area contributed by atoms with Gasteiger partial charge in [0.15, 0.2) is 5.76 Å². The Bertz CT molecular complexity index is 935. The fourth-order valence-electron chi connectivity index (χ4n) is 2.29. The Morgan fingerprint density at radius 1 is 1.12 bits per heavy atom. The molecule has 6 nitrogen and oxygen atoms in total. The van der Waals surface area contributed by atoms with E-state index < -0.39 is 10.8 Å². The van der Waals surface area contributed by atoms with E-state index in [-0.39, 0.29) is 17.1 Å². The highest BCUT2D eigenvalue weighted by molar-refractivity contribution is 7.98. The van der Waals surface area contributed by atoms with Gasteiger partial charge >= 0.3 is 0 Å². The number of carbonyl (C=O) groups is 1. The predicted molar refractivity (Wildman–Crippen MR) is 100 cm³/mol. The van der Waals surface area contributed by atoms with Gasteiger partial charge in [0.1, 0.15) is 11.4 Å². The quantitative estimate of drug-likeness (QED) is 0.374. The summed E-state index contributed by atoms with van der Waals surface area (Å²) < 4.78 is 5.56. The van der Waals surface area contributed by atoms with E-state index >= 15 is 0 Å². The zero-order chi connectivity index (χ0) is 18.5. The molecule has 1 heterocycles. The number of carbonyl (C=O) groups excluding carboxylic acids is 1. The molecule has 3 aromatic rings. The van der Waals surface area contributed by atoms with Crippen LogP contribution in [-0.2, 0) is 5.75 Å². The molecular weight excluding hydrogens is 352 g/mol. The van der Waals surface area contributed by atoms with Crippen LogP contribution in [0.25, 0.3) is 0 Å². The number of hydrogen-bond acceptors (Lipinski definition) is 5. The fourth-order valence-corrected chi connectivity index (χ4v) is 3.08. The van der Waals surface area contributed by atoms with Gasteiger partial charge in [-0.3, -0.25) is 14.9 Å². The standard InChI is InChI=1S/C19H16N2O4S/c1-13-6-9-15(10-7-13)26-12-14-8-11-18(25-14)19(22)20-16-4-2-3-5-17(16)21(23)24/h2-11H,12H2,1H3,(H,20,22). The Hall–Kier alpha value is -3.06. The van der Waals surface area contributed by atoms with Crippen molar-refractivity contribution in [1.82, 2.24) is 0 Å². The summed E-state index contributed by atoms with van der Waals surface area (Å²) in [4.78, 5) is 23.9. The Morgan fingerprint density at radius 3 is 2.58 bits per heavy atom. The van der Waals surface area contributed by atoms with Crippen molar-refractivity contribution in [2.24, 2.45) is 0 Å². The predicted octanol–water partition coefficient (Wildman–Crippen LogP) is 5.04. The van der Waals surface area contributed by atoms with Crippen molar-refractivity contribution in [2.75, 3.05) is 5.32 Å². The average Bonchev–Trinajstić information content (AvgIpc) is 3.11. The second-order valence-corrected chi connectivity index (χ2v) is 6.64. The number of thioether (sulfide) groups is 1. The number of nitrogens with one attached hydrogen (secondary N) is 1. The summed E-state index contributed by atoms with van der Waals surface area (Å²) in [5.41, 5.74) is 1.17. The lowest BCUT2D eigenvalue weighted by Crippen LogP contribution is -2.12. The van der Waals surface area contributed by atoms with Crippen molar-refractivity contribution in [3.05, 3.63) is 87.9 Å². The van der Waals surface area contributed by atoms with E-state index in [4.69, 9.17) is 4.42 Å². The number of furan rings is 1. The number of para-hydroxylation sites is 2. The number of hydrogen-bond donors (Lipinski definition) is 1. The van der Waals surface area contributed by atoms with E-state index in [9.17, 15) is 14.9 Å². The summed E-state index contributed by atoms with van der Waals surface area (Å²) in [5, 5.41) is 13.5. The molecule has 132 valence electrons. The number of benzene rings is 2. The largest absolute Gasteiger partial charge is 0.455 e. The minimum Gasteiger partial charge on any atom is -0.455 e. The van der Waals surface area contributed by atoms with Crippen molar-refractivity contribution in [2.45, 2.75) is 17.6 Å². The Kier molecular flexibility index (Phi) is 5.38. The van der Waals surface area contributed by atoms with Crippen LogP contribution in [0.5, 0.6) is 0 Å². The van der Waals surface area contributed by atoms with Gasteiger partial charge in [0.25, 0.3) is 11.6 Å². The minimum absolute atomic E-state index is 0.114. The lowest BCUT2D eigenvalue weighted by Gasteiger charge is -2.04. The van der Waals surface area contributed by atoms with Gasteiger partial charge in [-0.2, -0.15) is 0 Å². The van der Waals surface area contributed by atoms with E-state index in [0.29, 0.717) is 11.5 Å². The maximum Gasteiger partial charge on any atom is 0.292 e. The van der Waals surface area contributed by atoms with E-state index in [2.05, 4.69) is 5.32 Å². The number of aryl methyl sites for hydroxylation is 1. The third-order valence-electron chi connectivity index (χ3n) is 3.64.